The molecule has 0 aromatic rings. The minimum atomic E-state index is -5.61. The fourth-order valence-corrected chi connectivity index (χ4v) is 0. The van der Waals surface area contributed by atoms with Gasteiger partial charge in [-0.25, -0.2) is 0 Å². The van der Waals surface area contributed by atoms with Crippen LogP contribution >= 0.6 is 0 Å². The van der Waals surface area contributed by atoms with Crippen molar-refractivity contribution < 1.29 is 83.8 Å². The van der Waals surface area contributed by atoms with E-state index in [0.29, 0.717) is 0 Å². The third kappa shape index (κ3) is 538. The Morgan fingerprint density at radius 3 is 0.727 bits per heavy atom. The second-order valence-electron chi connectivity index (χ2n) is 0.667. The molecule has 0 atom stereocenters. The van der Waals surface area contributed by atoms with Gasteiger partial charge in [-0.2, -0.15) is 0 Å². The summed E-state index contributed by atoms with van der Waals surface area (Å²) in [4.78, 5) is 34.3. The van der Waals surface area contributed by atoms with Gasteiger partial charge in [-0.3, -0.25) is 0 Å². The molecule has 0 aromatic carbocycles. The molecule has 8 nitrogen and oxygen atoms in total. The van der Waals surface area contributed by atoms with E-state index in [2.05, 4.69) is 0 Å². The monoisotopic (exact) mass is 632 g/mol. The summed E-state index contributed by atoms with van der Waals surface area (Å²) in [6.45, 7) is 0. The van der Waals surface area contributed by atoms with Crippen molar-refractivity contribution in [2.24, 2.45) is 0 Å². The van der Waals surface area contributed by atoms with E-state index in [4.69, 9.17) is 28.1 Å². The van der Waals surface area contributed by atoms with Gasteiger partial charge < -0.3 is 28.2 Å². The van der Waals surface area contributed by atoms with E-state index in [1.807, 2.05) is 0 Å². The molecule has 11 heteroatoms. The first-order valence-corrected chi connectivity index (χ1v) is 10.1. The molecule has 0 bridgehead atoms. The van der Waals surface area contributed by atoms with Crippen LogP contribution in [0, 0.1) is 55.6 Å². The summed E-state index contributed by atoms with van der Waals surface area (Å²) in [5.74, 6) is 0. The molecule has 11 heavy (non-hydrogen) atoms. The molecule has 0 aliphatic carbocycles. The summed E-state index contributed by atoms with van der Waals surface area (Å²) in [5.41, 5.74) is 0. The second kappa shape index (κ2) is 13.9. The third-order valence-corrected chi connectivity index (χ3v) is 0. The summed E-state index contributed by atoms with van der Waals surface area (Å²) in [6, 6.07) is 0. The molecule has 0 saturated heterocycles. The Kier molecular flexibility index (Phi) is 23.0. The SMILES string of the molecule is [O-][Si]([O-])([O-])[O-].[O]=[U+2]=[O].[O]=[U+2]=[O]. The van der Waals surface area contributed by atoms with Crippen molar-refractivity contribution in [3.63, 3.8) is 0 Å². The molecule has 0 N–H and O–H groups in total. The fraction of sp³-hybridized carbons (Fsp3) is 0. The van der Waals surface area contributed by atoms with Gasteiger partial charge in [0.25, 0.3) is 0 Å². The van der Waals surface area contributed by atoms with Crippen molar-refractivity contribution in [3.05, 3.63) is 0 Å². The molecule has 0 aromatic heterocycles. The predicted molar refractivity (Wildman–Crippen MR) is 8.50 cm³/mol. The Bertz CT molecular complexity index is 115. The van der Waals surface area contributed by atoms with E-state index >= 15 is 0 Å². The van der Waals surface area contributed by atoms with Crippen LogP contribution in [-0.2, 0) is 8.94 Å². The zero-order valence-corrected chi connectivity index (χ0v) is 14.1. The average Bonchev–Trinajstić information content (AvgIpc) is 1.62. The van der Waals surface area contributed by atoms with Gasteiger partial charge in [0.2, 0.25) is 0 Å². The van der Waals surface area contributed by atoms with Gasteiger partial charge in [-0.1, -0.05) is 0 Å². The summed E-state index contributed by atoms with van der Waals surface area (Å²) >= 11 is -5.01. The Labute approximate surface area is 91.6 Å². The molecule has 0 heterocycles. The van der Waals surface area contributed by atoms with Crippen LogP contribution < -0.4 is 19.2 Å². The molecule has 0 aliphatic heterocycles. The van der Waals surface area contributed by atoms with Crippen LogP contribution in [0.15, 0.2) is 0 Å². The normalized spacial score (nSPS) is 6.91. The standard InChI is InChI=1S/O4Si.4O.2U/c1-5(2,3)4;;;;;;/q-4;;;;;2*+2. The first kappa shape index (κ1) is 18.2. The molecule has 0 radical (unpaired) electrons. The van der Waals surface area contributed by atoms with Crippen molar-refractivity contribution in [2.45, 2.75) is 0 Å². The van der Waals surface area contributed by atoms with Gasteiger partial charge in [-0.05, 0) is 0 Å². The number of hydrogen-bond acceptors (Lipinski definition) is 8. The van der Waals surface area contributed by atoms with Crippen LogP contribution in [0.2, 0.25) is 0 Å². The van der Waals surface area contributed by atoms with Crippen LogP contribution in [0.5, 0.6) is 0 Å². The van der Waals surface area contributed by atoms with Gasteiger partial charge in [-0.15, -0.1) is 0 Å². The third-order valence-electron chi connectivity index (χ3n) is 0. The van der Waals surface area contributed by atoms with Crippen molar-refractivity contribution in [2.75, 3.05) is 0 Å². The van der Waals surface area contributed by atoms with Crippen molar-refractivity contribution >= 4 is 9.05 Å². The predicted octanol–water partition coefficient (Wildman–Crippen LogP) is -5.61. The molecule has 0 saturated carbocycles. The zero-order valence-electron chi connectivity index (χ0n) is 4.77. The molecule has 0 fully saturated rings. The van der Waals surface area contributed by atoms with Gasteiger partial charge in [0.1, 0.15) is 0 Å². The maximum absolute atomic E-state index is 8.58. The van der Waals surface area contributed by atoms with Crippen LogP contribution in [-0.4, -0.2) is 9.05 Å². The molecule has 0 rings (SSSR count). The van der Waals surface area contributed by atoms with Gasteiger partial charge >= 0.3 is 64.6 Å². The average molecular weight is 632 g/mol. The zero-order chi connectivity index (χ0) is 9.91. The van der Waals surface area contributed by atoms with Crippen molar-refractivity contribution in [3.8, 4) is 0 Å². The van der Waals surface area contributed by atoms with Crippen molar-refractivity contribution in [1.29, 1.82) is 0 Å². The summed E-state index contributed by atoms with van der Waals surface area (Å²) in [7, 11) is -5.61. The Balaban J connectivity index is -0.0000000933. The topological polar surface area (TPSA) is 161 Å². The minimum absolute atomic E-state index is 2.51. The quantitative estimate of drug-likeness (QED) is 0.239. The van der Waals surface area contributed by atoms with Gasteiger partial charge in [0.05, 0.1) is 0 Å². The fourth-order valence-electron chi connectivity index (χ4n) is 0. The summed E-state index contributed by atoms with van der Waals surface area (Å²) < 4.78 is 34.3. The van der Waals surface area contributed by atoms with E-state index < -0.39 is 64.7 Å². The molecule has 0 spiro atoms. The molecule has 0 amide bonds. The van der Waals surface area contributed by atoms with Crippen LogP contribution in [0.4, 0.5) is 0 Å². The van der Waals surface area contributed by atoms with Crippen LogP contribution in [0.25, 0.3) is 0 Å². The van der Waals surface area contributed by atoms with Gasteiger partial charge in [0, 0.05) is 0 Å². The van der Waals surface area contributed by atoms with E-state index in [0.717, 1.165) is 0 Å². The summed E-state index contributed by atoms with van der Waals surface area (Å²) in [5, 5.41) is 0. The van der Waals surface area contributed by atoms with Gasteiger partial charge in [0.15, 0.2) is 0 Å². The summed E-state index contributed by atoms with van der Waals surface area (Å²) in [6.07, 6.45) is 0. The first-order valence-electron chi connectivity index (χ1n) is 1.63. The maximum atomic E-state index is 8.58. The molecule has 0 unspecified atom stereocenters. The van der Waals surface area contributed by atoms with E-state index in [1.54, 1.807) is 0 Å². The Morgan fingerprint density at radius 2 is 0.727 bits per heavy atom. The molecular weight excluding hydrogens is 632 g/mol. The Hall–Kier alpha value is 1.36. The Morgan fingerprint density at radius 1 is 0.727 bits per heavy atom. The first-order chi connectivity index (χ1) is 4.83. The van der Waals surface area contributed by atoms with E-state index in [9.17, 15) is 0 Å². The molecule has 0 aliphatic rings. The van der Waals surface area contributed by atoms with Crippen molar-refractivity contribution in [1.82, 2.24) is 0 Å². The van der Waals surface area contributed by atoms with E-state index in [1.165, 1.54) is 0 Å². The van der Waals surface area contributed by atoms with Crippen LogP contribution in [0.3, 0.4) is 0 Å². The molecular formula is O8SiU2. The van der Waals surface area contributed by atoms with E-state index in [-0.39, 0.29) is 0 Å². The number of hydrogen-bond donors (Lipinski definition) is 0. The second-order valence-corrected chi connectivity index (χ2v) is 3.05. The van der Waals surface area contributed by atoms with Crippen LogP contribution in [0.1, 0.15) is 0 Å². The number of rotatable bonds is 0. The molecule has 60 valence electrons.